The number of nitrogens with zero attached hydrogens (tertiary/aromatic N) is 3. The number of carbonyl (C=O) groups excluding carboxylic acids is 1. The topological polar surface area (TPSA) is 106 Å². The number of nitrogens with one attached hydrogen (secondary N) is 2. The molecule has 0 unspecified atom stereocenters. The van der Waals surface area contributed by atoms with Gasteiger partial charge in [0.2, 0.25) is 15.9 Å². The summed E-state index contributed by atoms with van der Waals surface area (Å²) in [4.78, 5) is 12.4. The van der Waals surface area contributed by atoms with Crippen molar-refractivity contribution < 1.29 is 13.2 Å². The summed E-state index contributed by atoms with van der Waals surface area (Å²) in [6, 6.07) is 15.5. The smallest absolute Gasteiger partial charge is 0.240 e. The minimum atomic E-state index is -3.62. The number of hydrogen-bond acceptors (Lipinski definition) is 5. The van der Waals surface area contributed by atoms with Gasteiger partial charge < -0.3 is 9.88 Å². The van der Waals surface area contributed by atoms with Gasteiger partial charge in [0.15, 0.2) is 5.82 Å². The van der Waals surface area contributed by atoms with E-state index in [1.54, 1.807) is 18.2 Å². The lowest BCUT2D eigenvalue weighted by Crippen LogP contribution is -2.27. The van der Waals surface area contributed by atoms with E-state index in [4.69, 9.17) is 0 Å². The molecule has 0 fully saturated rings. The molecule has 0 saturated carbocycles. The summed E-state index contributed by atoms with van der Waals surface area (Å²) in [5.74, 6) is 1.62. The minimum Gasteiger partial charge on any atom is -0.326 e. The zero-order chi connectivity index (χ0) is 21.7. The van der Waals surface area contributed by atoms with Crippen molar-refractivity contribution in [2.24, 2.45) is 0 Å². The first-order valence-corrected chi connectivity index (χ1v) is 11.9. The van der Waals surface area contributed by atoms with Gasteiger partial charge in [0.1, 0.15) is 5.82 Å². The molecule has 0 bridgehead atoms. The van der Waals surface area contributed by atoms with Gasteiger partial charge in [0, 0.05) is 37.2 Å². The van der Waals surface area contributed by atoms with Gasteiger partial charge in [-0.15, -0.1) is 10.2 Å². The summed E-state index contributed by atoms with van der Waals surface area (Å²) < 4.78 is 29.0. The lowest BCUT2D eigenvalue weighted by Gasteiger charge is -2.09. The van der Waals surface area contributed by atoms with Crippen molar-refractivity contribution in [2.45, 2.75) is 43.5 Å². The van der Waals surface area contributed by atoms with Crippen LogP contribution in [0.1, 0.15) is 31.5 Å². The second-order valence-electron chi connectivity index (χ2n) is 7.49. The molecule has 3 aromatic rings. The highest BCUT2D eigenvalue weighted by Crippen LogP contribution is 2.24. The largest absolute Gasteiger partial charge is 0.326 e. The van der Waals surface area contributed by atoms with Gasteiger partial charge in [0.25, 0.3) is 0 Å². The number of rotatable bonds is 7. The van der Waals surface area contributed by atoms with Crippen LogP contribution >= 0.6 is 0 Å². The highest BCUT2D eigenvalue weighted by Gasteiger charge is 2.16. The molecule has 2 aromatic carbocycles. The van der Waals surface area contributed by atoms with E-state index in [0.29, 0.717) is 5.69 Å². The maximum atomic E-state index is 12.2. The Morgan fingerprint density at radius 3 is 2.52 bits per heavy atom. The number of aryl methyl sites for hydroxylation is 1. The lowest BCUT2D eigenvalue weighted by atomic mass is 10.2. The van der Waals surface area contributed by atoms with Gasteiger partial charge in [-0.2, -0.15) is 0 Å². The lowest BCUT2D eigenvalue weighted by molar-refractivity contribution is -0.116. The first kappa shape index (κ1) is 21.2. The molecule has 1 aromatic heterocycles. The Hall–Kier alpha value is -3.04. The maximum absolute atomic E-state index is 12.2. The fourth-order valence-corrected chi connectivity index (χ4v) is 4.66. The van der Waals surface area contributed by atoms with Crippen molar-refractivity contribution >= 4 is 21.6 Å². The SMILES string of the molecule is O=C(CCNS(=O)(=O)c1ccccc1)Nc1ccc(-c2nnc3n2CCCCC3)cc1. The monoisotopic (exact) mass is 439 g/mol. The third-order valence-corrected chi connectivity index (χ3v) is 6.71. The van der Waals surface area contributed by atoms with E-state index in [1.165, 1.54) is 18.6 Å². The zero-order valence-corrected chi connectivity index (χ0v) is 17.9. The van der Waals surface area contributed by atoms with Crippen LogP contribution in [0.2, 0.25) is 0 Å². The molecule has 0 aliphatic carbocycles. The van der Waals surface area contributed by atoms with Gasteiger partial charge in [-0.3, -0.25) is 4.79 Å². The normalized spacial score (nSPS) is 13.9. The molecule has 0 saturated heterocycles. The van der Waals surface area contributed by atoms with Crippen LogP contribution in [0.15, 0.2) is 59.5 Å². The van der Waals surface area contributed by atoms with Gasteiger partial charge >= 0.3 is 0 Å². The summed E-state index contributed by atoms with van der Waals surface area (Å²) >= 11 is 0. The second kappa shape index (κ2) is 9.40. The number of sulfonamides is 1. The van der Waals surface area contributed by atoms with Crippen LogP contribution in [-0.2, 0) is 27.8 Å². The number of aromatic nitrogens is 3. The summed E-state index contributed by atoms with van der Waals surface area (Å²) in [5, 5.41) is 11.5. The van der Waals surface area contributed by atoms with Gasteiger partial charge in [-0.25, -0.2) is 13.1 Å². The van der Waals surface area contributed by atoms with Crippen molar-refractivity contribution in [3.63, 3.8) is 0 Å². The number of fused-ring (bicyclic) bond motifs is 1. The van der Waals surface area contributed by atoms with Gasteiger partial charge in [-0.05, 0) is 49.2 Å². The highest BCUT2D eigenvalue weighted by atomic mass is 32.2. The van der Waals surface area contributed by atoms with Crippen LogP contribution in [-0.4, -0.2) is 35.6 Å². The average molecular weight is 440 g/mol. The fraction of sp³-hybridized carbons (Fsp3) is 0.318. The van der Waals surface area contributed by atoms with E-state index in [2.05, 4.69) is 24.8 Å². The Kier molecular flexibility index (Phi) is 6.43. The molecule has 2 N–H and O–H groups in total. The molecule has 31 heavy (non-hydrogen) atoms. The third kappa shape index (κ3) is 5.18. The molecule has 1 aliphatic rings. The average Bonchev–Trinajstić information content (AvgIpc) is 3.03. The zero-order valence-electron chi connectivity index (χ0n) is 17.1. The first-order chi connectivity index (χ1) is 15.0. The van der Waals surface area contributed by atoms with E-state index in [9.17, 15) is 13.2 Å². The Morgan fingerprint density at radius 1 is 0.968 bits per heavy atom. The molecule has 162 valence electrons. The summed E-state index contributed by atoms with van der Waals surface area (Å²) in [7, 11) is -3.62. The van der Waals surface area contributed by atoms with E-state index >= 15 is 0 Å². The Labute approximate surface area is 181 Å². The molecule has 0 spiro atoms. The fourth-order valence-electron chi connectivity index (χ4n) is 3.61. The molecule has 9 heteroatoms. The van der Waals surface area contributed by atoms with E-state index in [0.717, 1.165) is 43.0 Å². The highest BCUT2D eigenvalue weighted by molar-refractivity contribution is 7.89. The molecule has 4 rings (SSSR count). The van der Waals surface area contributed by atoms with Crippen LogP contribution in [0.5, 0.6) is 0 Å². The maximum Gasteiger partial charge on any atom is 0.240 e. The molecule has 0 radical (unpaired) electrons. The van der Waals surface area contributed by atoms with Crippen LogP contribution < -0.4 is 10.0 Å². The number of benzene rings is 2. The summed E-state index contributed by atoms with van der Waals surface area (Å²) in [6.45, 7) is 0.946. The second-order valence-corrected chi connectivity index (χ2v) is 9.26. The molecule has 0 atom stereocenters. The summed E-state index contributed by atoms with van der Waals surface area (Å²) in [5.41, 5.74) is 1.60. The Balaban J connectivity index is 1.32. The van der Waals surface area contributed by atoms with Crippen molar-refractivity contribution in [3.05, 3.63) is 60.4 Å². The van der Waals surface area contributed by atoms with E-state index < -0.39 is 10.0 Å². The minimum absolute atomic E-state index is 0.0209. The Morgan fingerprint density at radius 2 is 1.74 bits per heavy atom. The molecular weight excluding hydrogens is 414 g/mol. The first-order valence-electron chi connectivity index (χ1n) is 10.4. The standard InChI is InChI=1S/C22H25N5O3S/c28-21(14-15-23-31(29,30)19-7-3-1-4-8-19)24-18-12-10-17(11-13-18)22-26-25-20-9-5-2-6-16-27(20)22/h1,3-4,7-8,10-13,23H,2,5-6,9,14-16H2,(H,24,28). The van der Waals surface area contributed by atoms with Crippen LogP contribution in [0.4, 0.5) is 5.69 Å². The molecule has 1 amide bonds. The van der Waals surface area contributed by atoms with Crippen LogP contribution in [0.3, 0.4) is 0 Å². The van der Waals surface area contributed by atoms with E-state index in [-0.39, 0.29) is 23.8 Å². The molecule has 8 nitrogen and oxygen atoms in total. The van der Waals surface area contributed by atoms with Crippen molar-refractivity contribution in [1.82, 2.24) is 19.5 Å². The van der Waals surface area contributed by atoms with Gasteiger partial charge in [0.05, 0.1) is 4.90 Å². The summed E-state index contributed by atoms with van der Waals surface area (Å²) in [6.07, 6.45) is 4.46. The number of carbonyl (C=O) groups is 1. The molecule has 2 heterocycles. The van der Waals surface area contributed by atoms with Crippen LogP contribution in [0.25, 0.3) is 11.4 Å². The van der Waals surface area contributed by atoms with Crippen molar-refractivity contribution in [3.8, 4) is 11.4 Å². The van der Waals surface area contributed by atoms with E-state index in [1.807, 2.05) is 24.3 Å². The van der Waals surface area contributed by atoms with Crippen molar-refractivity contribution in [2.75, 3.05) is 11.9 Å². The quantitative estimate of drug-likeness (QED) is 0.589. The molecule has 1 aliphatic heterocycles. The van der Waals surface area contributed by atoms with Crippen LogP contribution in [0, 0.1) is 0 Å². The predicted octanol–water partition coefficient (Wildman–Crippen LogP) is 2.98. The predicted molar refractivity (Wildman–Crippen MR) is 118 cm³/mol. The van der Waals surface area contributed by atoms with Crippen molar-refractivity contribution in [1.29, 1.82) is 0 Å². The molecular formula is C22H25N5O3S. The van der Waals surface area contributed by atoms with Gasteiger partial charge in [-0.1, -0.05) is 24.6 Å². The Bertz CT molecular complexity index is 1140. The number of amides is 1. The third-order valence-electron chi connectivity index (χ3n) is 5.23. The number of hydrogen-bond donors (Lipinski definition) is 2. The number of anilines is 1.